The summed E-state index contributed by atoms with van der Waals surface area (Å²) in [4.78, 5) is 30.1. The van der Waals surface area contributed by atoms with E-state index in [1.807, 2.05) is 17.0 Å². The number of carbonyl (C=O) groups is 2. The van der Waals surface area contributed by atoms with E-state index in [1.165, 1.54) is 0 Å². The van der Waals surface area contributed by atoms with E-state index in [0.29, 0.717) is 18.0 Å². The number of likely N-dealkylation sites (N-methyl/N-ethyl adjacent to an activating group) is 1. The van der Waals surface area contributed by atoms with Gasteiger partial charge in [-0.25, -0.2) is 0 Å². The molecule has 2 amide bonds. The Labute approximate surface area is 141 Å². The standard InChI is InChI=1S/C17H22ClN3O2/c1-2-19-7-9-20(10-8-19)17(23)13-11-16(22)21(12-13)15-5-3-14(18)4-6-15/h3-6,13H,2,7-12H2,1H3/p+1/t13-/m1/s1. The van der Waals surface area contributed by atoms with Crippen LogP contribution in [0.25, 0.3) is 0 Å². The number of amides is 2. The van der Waals surface area contributed by atoms with Crippen molar-refractivity contribution in [3.05, 3.63) is 29.3 Å². The SMILES string of the molecule is CC[NH+]1CCN(C(=O)[C@@H]2CC(=O)N(c3ccc(Cl)cc3)C2)CC1. The molecule has 23 heavy (non-hydrogen) atoms. The van der Waals surface area contributed by atoms with Crippen LogP contribution in [0, 0.1) is 5.92 Å². The van der Waals surface area contributed by atoms with Gasteiger partial charge in [-0.2, -0.15) is 0 Å². The van der Waals surface area contributed by atoms with Gasteiger partial charge in [-0.1, -0.05) is 11.6 Å². The number of nitrogens with zero attached hydrogens (tertiary/aromatic N) is 2. The van der Waals surface area contributed by atoms with E-state index < -0.39 is 0 Å². The van der Waals surface area contributed by atoms with E-state index in [2.05, 4.69) is 6.92 Å². The molecule has 2 saturated heterocycles. The van der Waals surface area contributed by atoms with Crippen LogP contribution in [0.5, 0.6) is 0 Å². The molecule has 5 nitrogen and oxygen atoms in total. The molecule has 0 radical (unpaired) electrons. The smallest absolute Gasteiger partial charge is 0.228 e. The Kier molecular flexibility index (Phi) is 4.87. The molecule has 0 unspecified atom stereocenters. The Balaban J connectivity index is 1.63. The van der Waals surface area contributed by atoms with Crippen LogP contribution < -0.4 is 9.80 Å². The lowest BCUT2D eigenvalue weighted by Gasteiger charge is -2.33. The third-order valence-corrected chi connectivity index (χ3v) is 5.15. The van der Waals surface area contributed by atoms with Gasteiger partial charge in [-0.15, -0.1) is 0 Å². The van der Waals surface area contributed by atoms with Gasteiger partial charge in [0.05, 0.1) is 38.6 Å². The fraction of sp³-hybridized carbons (Fsp3) is 0.529. The van der Waals surface area contributed by atoms with Crippen LogP contribution in [0.2, 0.25) is 5.02 Å². The summed E-state index contributed by atoms with van der Waals surface area (Å²) < 4.78 is 0. The molecule has 2 heterocycles. The fourth-order valence-corrected chi connectivity index (χ4v) is 3.52. The van der Waals surface area contributed by atoms with E-state index in [-0.39, 0.29) is 17.7 Å². The maximum atomic E-state index is 12.7. The lowest BCUT2D eigenvalue weighted by Crippen LogP contribution is -3.14. The molecule has 0 saturated carbocycles. The second kappa shape index (κ2) is 6.89. The molecule has 0 spiro atoms. The predicted molar refractivity (Wildman–Crippen MR) is 89.7 cm³/mol. The van der Waals surface area contributed by atoms with Gasteiger partial charge in [-0.3, -0.25) is 9.59 Å². The number of nitrogens with one attached hydrogen (secondary N) is 1. The molecule has 0 aliphatic carbocycles. The molecule has 1 atom stereocenters. The molecule has 1 N–H and O–H groups in total. The first-order valence-corrected chi connectivity index (χ1v) is 8.64. The molecular formula is C17H23ClN3O2+. The van der Waals surface area contributed by atoms with Crippen LogP contribution in [0.3, 0.4) is 0 Å². The first-order valence-electron chi connectivity index (χ1n) is 8.26. The monoisotopic (exact) mass is 336 g/mol. The Morgan fingerprint density at radius 1 is 1.26 bits per heavy atom. The molecule has 0 bridgehead atoms. The number of hydrogen-bond acceptors (Lipinski definition) is 2. The largest absolute Gasteiger partial charge is 0.332 e. The molecule has 0 aromatic heterocycles. The van der Waals surface area contributed by atoms with Crippen LogP contribution in [0.4, 0.5) is 5.69 Å². The third-order valence-electron chi connectivity index (χ3n) is 4.89. The number of anilines is 1. The average Bonchev–Trinajstić information content (AvgIpc) is 2.97. The summed E-state index contributed by atoms with van der Waals surface area (Å²) in [5.41, 5.74) is 0.815. The van der Waals surface area contributed by atoms with Crippen LogP contribution in [-0.2, 0) is 9.59 Å². The summed E-state index contributed by atoms with van der Waals surface area (Å²) in [6.07, 6.45) is 0.308. The zero-order valence-electron chi connectivity index (χ0n) is 13.4. The van der Waals surface area contributed by atoms with E-state index in [1.54, 1.807) is 21.9 Å². The highest BCUT2D eigenvalue weighted by molar-refractivity contribution is 6.30. The normalized spacial score (nSPS) is 22.7. The van der Waals surface area contributed by atoms with Crippen LogP contribution in [0.15, 0.2) is 24.3 Å². The maximum absolute atomic E-state index is 12.7. The third kappa shape index (κ3) is 3.51. The minimum atomic E-state index is -0.221. The van der Waals surface area contributed by atoms with Crippen LogP contribution >= 0.6 is 11.6 Å². The molecule has 124 valence electrons. The molecule has 3 rings (SSSR count). The average molecular weight is 337 g/mol. The lowest BCUT2D eigenvalue weighted by molar-refractivity contribution is -0.902. The minimum absolute atomic E-state index is 0.0171. The number of quaternary nitrogens is 1. The quantitative estimate of drug-likeness (QED) is 0.870. The van der Waals surface area contributed by atoms with Crippen molar-refractivity contribution in [3.63, 3.8) is 0 Å². The summed E-state index contributed by atoms with van der Waals surface area (Å²) in [5.74, 6) is -0.0742. The Morgan fingerprint density at radius 2 is 1.91 bits per heavy atom. The predicted octanol–water partition coefficient (Wildman–Crippen LogP) is 0.440. The number of piperazine rings is 1. The Bertz CT molecular complexity index is 582. The molecule has 6 heteroatoms. The number of rotatable bonds is 3. The van der Waals surface area contributed by atoms with E-state index >= 15 is 0 Å². The number of hydrogen-bond donors (Lipinski definition) is 1. The van der Waals surface area contributed by atoms with Crippen LogP contribution in [-0.4, -0.2) is 56.0 Å². The van der Waals surface area contributed by atoms with Gasteiger partial charge in [0, 0.05) is 23.7 Å². The zero-order valence-corrected chi connectivity index (χ0v) is 14.2. The molecule has 1 aromatic carbocycles. The maximum Gasteiger partial charge on any atom is 0.228 e. The summed E-state index contributed by atoms with van der Waals surface area (Å²) in [7, 11) is 0. The first-order chi connectivity index (χ1) is 11.1. The topological polar surface area (TPSA) is 45.1 Å². The first kappa shape index (κ1) is 16.3. The van der Waals surface area contributed by atoms with Gasteiger partial charge in [0.25, 0.3) is 0 Å². The highest BCUT2D eigenvalue weighted by atomic mass is 35.5. The van der Waals surface area contributed by atoms with Crippen molar-refractivity contribution in [2.45, 2.75) is 13.3 Å². The summed E-state index contributed by atoms with van der Waals surface area (Å²) in [5, 5.41) is 0.643. The highest BCUT2D eigenvalue weighted by Crippen LogP contribution is 2.27. The fourth-order valence-electron chi connectivity index (χ4n) is 3.40. The van der Waals surface area contributed by atoms with Crippen molar-refractivity contribution < 1.29 is 14.5 Å². The van der Waals surface area contributed by atoms with Gasteiger partial charge >= 0.3 is 0 Å². The highest BCUT2D eigenvalue weighted by Gasteiger charge is 2.38. The van der Waals surface area contributed by atoms with Crippen molar-refractivity contribution in [2.24, 2.45) is 5.92 Å². The lowest BCUT2D eigenvalue weighted by atomic mass is 10.1. The number of carbonyl (C=O) groups excluding carboxylic acids is 2. The second-order valence-electron chi connectivity index (χ2n) is 6.31. The van der Waals surface area contributed by atoms with Crippen molar-refractivity contribution in [2.75, 3.05) is 44.2 Å². The second-order valence-corrected chi connectivity index (χ2v) is 6.75. The van der Waals surface area contributed by atoms with Gasteiger partial charge in [0.1, 0.15) is 0 Å². The van der Waals surface area contributed by atoms with Crippen LogP contribution in [0.1, 0.15) is 13.3 Å². The van der Waals surface area contributed by atoms with Gasteiger partial charge in [-0.05, 0) is 31.2 Å². The Morgan fingerprint density at radius 3 is 2.52 bits per heavy atom. The number of benzene rings is 1. The van der Waals surface area contributed by atoms with Crippen molar-refractivity contribution in [1.29, 1.82) is 0 Å². The molecule has 2 aliphatic heterocycles. The zero-order chi connectivity index (χ0) is 16.4. The van der Waals surface area contributed by atoms with Crippen molar-refractivity contribution in [1.82, 2.24) is 4.90 Å². The molecule has 2 fully saturated rings. The Hall–Kier alpha value is -1.59. The van der Waals surface area contributed by atoms with Crippen molar-refractivity contribution in [3.8, 4) is 0 Å². The molecular weight excluding hydrogens is 314 g/mol. The van der Waals surface area contributed by atoms with E-state index in [9.17, 15) is 9.59 Å². The van der Waals surface area contributed by atoms with Gasteiger partial charge < -0.3 is 14.7 Å². The van der Waals surface area contributed by atoms with Gasteiger partial charge in [0.15, 0.2) is 0 Å². The summed E-state index contributed by atoms with van der Waals surface area (Å²) >= 11 is 5.89. The number of halogens is 1. The molecule has 1 aromatic rings. The van der Waals surface area contributed by atoms with E-state index in [0.717, 1.165) is 38.4 Å². The minimum Gasteiger partial charge on any atom is -0.332 e. The molecule has 2 aliphatic rings. The van der Waals surface area contributed by atoms with Gasteiger partial charge in [0.2, 0.25) is 11.8 Å². The summed E-state index contributed by atoms with van der Waals surface area (Å²) in [6.45, 7) is 7.36. The van der Waals surface area contributed by atoms with E-state index in [4.69, 9.17) is 11.6 Å². The van der Waals surface area contributed by atoms with Crippen molar-refractivity contribution >= 4 is 29.1 Å². The summed E-state index contributed by atoms with van der Waals surface area (Å²) in [6, 6.07) is 7.20.